The SMILES string of the molecule is [CH-]=CN=P.[Cu+]. The van der Waals surface area contributed by atoms with E-state index in [1.165, 1.54) is 0 Å². The maximum absolute atomic E-state index is 4.69. The molecule has 0 aliphatic rings. The van der Waals surface area contributed by atoms with Gasteiger partial charge < -0.3 is 6.58 Å². The second kappa shape index (κ2) is 8.84. The first-order valence-electron chi connectivity index (χ1n) is 0.815. The molecule has 0 bridgehead atoms. The van der Waals surface area contributed by atoms with Crippen LogP contribution in [-0.2, 0) is 17.1 Å². The second-order valence-corrected chi connectivity index (χ2v) is 0.536. The monoisotopic (exact) mass is 135 g/mol. The standard InChI is InChI=1S/C2H3NP.Cu/c1-2-3-4;/h1-2,4H;/q-1;+1. The summed E-state index contributed by atoms with van der Waals surface area (Å²) < 4.78 is 3.19. The summed E-state index contributed by atoms with van der Waals surface area (Å²) in [7, 11) is 2.73. The van der Waals surface area contributed by atoms with Crippen molar-refractivity contribution in [2.75, 3.05) is 0 Å². The number of hydrogen-bond donors (Lipinski definition) is 0. The summed E-state index contributed by atoms with van der Waals surface area (Å²) in [5.41, 5.74) is 0. The van der Waals surface area contributed by atoms with Crippen molar-refractivity contribution in [2.24, 2.45) is 4.74 Å². The van der Waals surface area contributed by atoms with E-state index >= 15 is 0 Å². The molecule has 0 rings (SSSR count). The minimum atomic E-state index is 0. The van der Waals surface area contributed by atoms with E-state index in [-0.39, 0.29) is 17.1 Å². The van der Waals surface area contributed by atoms with Crippen LogP contribution in [0.15, 0.2) is 10.9 Å². The molecule has 0 radical (unpaired) electrons. The van der Waals surface area contributed by atoms with Crippen LogP contribution in [0.3, 0.4) is 0 Å². The molecule has 0 aromatic heterocycles. The smallest absolute Gasteiger partial charge is 0.494 e. The van der Waals surface area contributed by atoms with Crippen LogP contribution in [0.4, 0.5) is 0 Å². The van der Waals surface area contributed by atoms with Crippen molar-refractivity contribution in [2.45, 2.75) is 0 Å². The topological polar surface area (TPSA) is 12.4 Å². The van der Waals surface area contributed by atoms with Crippen molar-refractivity contribution in [1.82, 2.24) is 0 Å². The Morgan fingerprint density at radius 2 is 2.00 bits per heavy atom. The van der Waals surface area contributed by atoms with Gasteiger partial charge in [0.25, 0.3) is 0 Å². The molecule has 0 saturated heterocycles. The summed E-state index contributed by atoms with van der Waals surface area (Å²) in [6.45, 7) is 4.69. The van der Waals surface area contributed by atoms with Crippen molar-refractivity contribution < 1.29 is 17.1 Å². The largest absolute Gasteiger partial charge is 1.00 e. The predicted molar refractivity (Wildman–Crippen MR) is 19.6 cm³/mol. The van der Waals surface area contributed by atoms with Gasteiger partial charge in [0.2, 0.25) is 0 Å². The summed E-state index contributed by atoms with van der Waals surface area (Å²) in [4.78, 5) is 0. The average Bonchev–Trinajstić information content (AvgIpc) is 1.37. The normalized spacial score (nSPS) is 4.00. The van der Waals surface area contributed by atoms with Gasteiger partial charge in [0, 0.05) is 0 Å². The predicted octanol–water partition coefficient (Wildman–Crippen LogP) is 1.26. The van der Waals surface area contributed by atoms with E-state index in [0.717, 1.165) is 6.20 Å². The molecule has 0 unspecified atom stereocenters. The Morgan fingerprint density at radius 3 is 2.00 bits per heavy atom. The van der Waals surface area contributed by atoms with Gasteiger partial charge in [-0.2, -0.15) is 6.20 Å². The van der Waals surface area contributed by atoms with Crippen molar-refractivity contribution >= 4 is 9.03 Å². The van der Waals surface area contributed by atoms with Crippen molar-refractivity contribution in [3.63, 3.8) is 0 Å². The van der Waals surface area contributed by atoms with Crippen molar-refractivity contribution in [3.05, 3.63) is 12.8 Å². The fraction of sp³-hybridized carbons (Fsp3) is 0. The van der Waals surface area contributed by atoms with Gasteiger partial charge >= 0.3 is 17.1 Å². The molecule has 3 heteroatoms. The molecule has 0 heterocycles. The van der Waals surface area contributed by atoms with Crippen LogP contribution in [0, 0.1) is 6.58 Å². The second-order valence-electron chi connectivity index (χ2n) is 0.278. The van der Waals surface area contributed by atoms with E-state index in [1.54, 1.807) is 0 Å². The first kappa shape index (κ1) is 9.03. The molecule has 0 aromatic carbocycles. The van der Waals surface area contributed by atoms with E-state index < -0.39 is 0 Å². The average molecular weight is 136 g/mol. The Balaban J connectivity index is 0. The van der Waals surface area contributed by atoms with Crippen LogP contribution in [0.5, 0.6) is 0 Å². The summed E-state index contributed by atoms with van der Waals surface area (Å²) in [5, 5.41) is 0. The first-order valence-corrected chi connectivity index (χ1v) is 1.26. The van der Waals surface area contributed by atoms with Gasteiger partial charge in [-0.15, -0.1) is 0 Å². The zero-order valence-electron chi connectivity index (χ0n) is 2.40. The third-order valence-corrected chi connectivity index (χ3v) is 0.224. The van der Waals surface area contributed by atoms with Crippen LogP contribution in [0.1, 0.15) is 0 Å². The van der Waals surface area contributed by atoms with Crippen LogP contribution >= 0.6 is 9.03 Å². The zero-order chi connectivity index (χ0) is 3.41. The van der Waals surface area contributed by atoms with Gasteiger partial charge in [0.15, 0.2) is 0 Å². The van der Waals surface area contributed by atoms with Crippen LogP contribution < -0.4 is 0 Å². The van der Waals surface area contributed by atoms with Gasteiger partial charge in [-0.1, -0.05) is 0 Å². The molecule has 0 atom stereocenters. The molecule has 0 spiro atoms. The van der Waals surface area contributed by atoms with Crippen LogP contribution in [-0.4, -0.2) is 0 Å². The Kier molecular flexibility index (Phi) is 16.0. The summed E-state index contributed by atoms with van der Waals surface area (Å²) >= 11 is 0. The minimum absolute atomic E-state index is 0. The van der Waals surface area contributed by atoms with Crippen LogP contribution in [0.2, 0.25) is 0 Å². The maximum Gasteiger partial charge on any atom is 1.00 e. The molecule has 1 nitrogen and oxygen atoms in total. The Hall–Kier alpha value is 0.359. The summed E-state index contributed by atoms with van der Waals surface area (Å²) in [6, 6.07) is 0. The van der Waals surface area contributed by atoms with Crippen molar-refractivity contribution in [3.8, 4) is 0 Å². The van der Waals surface area contributed by atoms with Gasteiger partial charge in [-0.3, -0.25) is 4.74 Å². The molecule has 32 valence electrons. The van der Waals surface area contributed by atoms with Crippen LogP contribution in [0.25, 0.3) is 0 Å². The molecule has 5 heavy (non-hydrogen) atoms. The van der Waals surface area contributed by atoms with Gasteiger partial charge in [0.05, 0.1) is 0 Å². The molecule has 0 saturated carbocycles. The molecule has 0 N–H and O–H groups in total. The summed E-state index contributed by atoms with van der Waals surface area (Å²) in [6.07, 6.45) is 1.16. The third-order valence-electron chi connectivity index (χ3n) is 0.0745. The molecular weight excluding hydrogens is 133 g/mol. The maximum atomic E-state index is 4.69. The van der Waals surface area contributed by atoms with E-state index in [9.17, 15) is 0 Å². The van der Waals surface area contributed by atoms with Gasteiger partial charge in [0.1, 0.15) is 0 Å². The van der Waals surface area contributed by atoms with E-state index in [1.807, 2.05) is 0 Å². The van der Waals surface area contributed by atoms with Gasteiger partial charge in [-0.05, 0) is 9.03 Å². The fourth-order valence-electron chi connectivity index (χ4n) is 0. The Labute approximate surface area is 44.2 Å². The fourth-order valence-corrected chi connectivity index (χ4v) is 0. The van der Waals surface area contributed by atoms with E-state index in [4.69, 9.17) is 0 Å². The van der Waals surface area contributed by atoms with E-state index in [0.29, 0.717) is 0 Å². The van der Waals surface area contributed by atoms with Gasteiger partial charge in [-0.25, -0.2) is 0 Å². The molecule has 0 amide bonds. The third kappa shape index (κ3) is 13.1. The zero-order valence-corrected chi connectivity index (χ0v) is 4.35. The Bertz CT molecular complexity index is 30.6. The summed E-state index contributed by atoms with van der Waals surface area (Å²) in [5.74, 6) is 0. The molecule has 0 aliphatic heterocycles. The first-order chi connectivity index (χ1) is 1.91. The van der Waals surface area contributed by atoms with Crippen molar-refractivity contribution in [1.29, 1.82) is 0 Å². The quantitative estimate of drug-likeness (QED) is 0.292. The number of nitrogens with zero attached hydrogens (tertiary/aromatic N) is 1. The molecule has 0 aromatic rings. The molecule has 0 fully saturated rings. The van der Waals surface area contributed by atoms with E-state index in [2.05, 4.69) is 20.4 Å². The molecule has 0 aliphatic carbocycles. The molecular formula is C2H3CuNP. The number of hydrogen-bond acceptors (Lipinski definition) is 1. The Morgan fingerprint density at radius 1 is 1.80 bits per heavy atom. The minimum Gasteiger partial charge on any atom is -0.494 e. The number of rotatable bonds is 1.